The van der Waals surface area contributed by atoms with Crippen LogP contribution in [0.3, 0.4) is 0 Å². The van der Waals surface area contributed by atoms with Gasteiger partial charge in [-0.1, -0.05) is 30.3 Å². The molecule has 1 aromatic rings. The van der Waals surface area contributed by atoms with Crippen LogP contribution < -0.4 is 22.1 Å². The number of hydrogen-bond acceptors (Lipinski definition) is 7. The number of likely N-dealkylation sites (tertiary alicyclic amines) is 1. The second-order valence-corrected chi connectivity index (χ2v) is 9.38. The first-order valence-corrected chi connectivity index (χ1v) is 12.7. The monoisotopic (exact) mass is 507 g/mol. The van der Waals surface area contributed by atoms with Crippen molar-refractivity contribution in [1.29, 1.82) is 0 Å². The van der Waals surface area contributed by atoms with Gasteiger partial charge in [-0.15, -0.1) is 0 Å². The molecule has 1 heterocycles. The van der Waals surface area contributed by atoms with E-state index in [2.05, 4.69) is 10.6 Å². The van der Waals surface area contributed by atoms with E-state index in [1.165, 1.54) is 16.7 Å². The maximum Gasteiger partial charge on any atom is 0.326 e. The third kappa shape index (κ3) is 8.55. The quantitative estimate of drug-likeness (QED) is 0.230. The molecule has 12 heteroatoms. The van der Waals surface area contributed by atoms with Gasteiger partial charge in [0.2, 0.25) is 23.6 Å². The molecule has 2 rings (SSSR count). The summed E-state index contributed by atoms with van der Waals surface area (Å²) < 4.78 is 0. The fourth-order valence-electron chi connectivity index (χ4n) is 3.90. The van der Waals surface area contributed by atoms with E-state index < -0.39 is 53.8 Å². The third-order valence-corrected chi connectivity index (χ3v) is 6.36. The molecule has 4 amide bonds. The van der Waals surface area contributed by atoms with Crippen LogP contribution in [0.1, 0.15) is 31.2 Å². The number of rotatable bonds is 13. The molecule has 4 unspecified atom stereocenters. The average Bonchev–Trinajstić information content (AvgIpc) is 3.31. The molecule has 1 fully saturated rings. The predicted octanol–water partition coefficient (Wildman–Crippen LogP) is -0.770. The molecule has 0 saturated carbocycles. The Balaban J connectivity index is 2.22. The van der Waals surface area contributed by atoms with Crippen molar-refractivity contribution in [2.24, 2.45) is 11.5 Å². The summed E-state index contributed by atoms with van der Waals surface area (Å²) in [6, 6.07) is 4.85. The van der Waals surface area contributed by atoms with Crippen molar-refractivity contribution in [3.63, 3.8) is 0 Å². The summed E-state index contributed by atoms with van der Waals surface area (Å²) in [5.41, 5.74) is 11.6. The second-order valence-electron chi connectivity index (χ2n) is 8.40. The van der Waals surface area contributed by atoms with Gasteiger partial charge in [0, 0.05) is 13.0 Å². The molecule has 0 spiro atoms. The number of nitrogens with zero attached hydrogens (tertiary/aromatic N) is 1. The zero-order valence-electron chi connectivity index (χ0n) is 19.6. The highest BCUT2D eigenvalue weighted by molar-refractivity contribution is 7.98. The summed E-state index contributed by atoms with van der Waals surface area (Å²) in [5.74, 6) is -3.10. The number of carbonyl (C=O) groups is 5. The highest BCUT2D eigenvalue weighted by Crippen LogP contribution is 2.20. The lowest BCUT2D eigenvalue weighted by atomic mass is 10.0. The van der Waals surface area contributed by atoms with Crippen LogP contribution in [-0.4, -0.2) is 82.3 Å². The summed E-state index contributed by atoms with van der Waals surface area (Å²) in [6.45, 7) is 0.283. The molecule has 0 radical (unpaired) electrons. The summed E-state index contributed by atoms with van der Waals surface area (Å²) in [4.78, 5) is 63.0. The molecule has 0 bridgehead atoms. The van der Waals surface area contributed by atoms with Gasteiger partial charge in [0.25, 0.3) is 0 Å². The molecule has 11 nitrogen and oxygen atoms in total. The fraction of sp³-hybridized carbons (Fsp3) is 0.522. The summed E-state index contributed by atoms with van der Waals surface area (Å²) in [7, 11) is 0. The Kier molecular flexibility index (Phi) is 11.0. The van der Waals surface area contributed by atoms with Crippen LogP contribution in [0.4, 0.5) is 0 Å². The number of carbonyl (C=O) groups excluding carboxylic acids is 4. The van der Waals surface area contributed by atoms with Crippen LogP contribution in [0.15, 0.2) is 30.3 Å². The van der Waals surface area contributed by atoms with E-state index in [0.29, 0.717) is 18.6 Å². The van der Waals surface area contributed by atoms with Crippen LogP contribution in [-0.2, 0) is 30.4 Å². The van der Waals surface area contributed by atoms with Crippen molar-refractivity contribution in [3.05, 3.63) is 35.9 Å². The number of amides is 4. The van der Waals surface area contributed by atoms with Gasteiger partial charge < -0.3 is 32.1 Å². The van der Waals surface area contributed by atoms with Crippen LogP contribution >= 0.6 is 11.8 Å². The lowest BCUT2D eigenvalue weighted by Gasteiger charge is -2.29. The van der Waals surface area contributed by atoms with E-state index in [1.54, 1.807) is 24.3 Å². The van der Waals surface area contributed by atoms with Gasteiger partial charge >= 0.3 is 5.97 Å². The number of nitrogens with two attached hydrogens (primary N) is 2. The van der Waals surface area contributed by atoms with E-state index >= 15 is 0 Å². The van der Waals surface area contributed by atoms with Crippen LogP contribution in [0.5, 0.6) is 0 Å². The van der Waals surface area contributed by atoms with Gasteiger partial charge in [0.05, 0.1) is 12.5 Å². The first kappa shape index (κ1) is 28.1. The summed E-state index contributed by atoms with van der Waals surface area (Å²) >= 11 is 1.47. The third-order valence-electron chi connectivity index (χ3n) is 5.72. The van der Waals surface area contributed by atoms with Gasteiger partial charge in [-0.2, -0.15) is 11.8 Å². The van der Waals surface area contributed by atoms with Gasteiger partial charge in [0.15, 0.2) is 0 Å². The zero-order valence-corrected chi connectivity index (χ0v) is 20.5. The number of hydrogen-bond donors (Lipinski definition) is 5. The first-order valence-electron chi connectivity index (χ1n) is 11.3. The van der Waals surface area contributed by atoms with Crippen molar-refractivity contribution in [3.8, 4) is 0 Å². The highest BCUT2D eigenvalue weighted by Gasteiger charge is 2.38. The Morgan fingerprint density at radius 1 is 1.11 bits per heavy atom. The molecule has 4 atom stereocenters. The van der Waals surface area contributed by atoms with E-state index in [9.17, 15) is 29.1 Å². The molecule has 192 valence electrons. The normalized spacial score (nSPS) is 17.8. The Hall–Kier alpha value is -3.12. The van der Waals surface area contributed by atoms with Crippen molar-refractivity contribution in [2.45, 2.75) is 56.3 Å². The lowest BCUT2D eigenvalue weighted by Crippen LogP contribution is -2.58. The highest BCUT2D eigenvalue weighted by atomic mass is 32.2. The molecule has 0 aromatic heterocycles. The maximum absolute atomic E-state index is 13.4. The lowest BCUT2D eigenvalue weighted by molar-refractivity contribution is -0.149. The number of nitrogens with one attached hydrogen (secondary N) is 2. The molecule has 35 heavy (non-hydrogen) atoms. The van der Waals surface area contributed by atoms with Crippen molar-refractivity contribution in [1.82, 2.24) is 15.5 Å². The minimum absolute atomic E-state index is 0.151. The van der Waals surface area contributed by atoms with E-state index in [0.717, 1.165) is 5.56 Å². The Labute approximate surface area is 208 Å². The van der Waals surface area contributed by atoms with Gasteiger partial charge in [-0.3, -0.25) is 19.2 Å². The van der Waals surface area contributed by atoms with E-state index in [4.69, 9.17) is 11.5 Å². The zero-order chi connectivity index (χ0) is 26.0. The number of thioether (sulfide) groups is 1. The van der Waals surface area contributed by atoms with Crippen LogP contribution in [0.2, 0.25) is 0 Å². The second kappa shape index (κ2) is 13.7. The van der Waals surface area contributed by atoms with Crippen molar-refractivity contribution in [2.75, 3.05) is 18.6 Å². The predicted molar refractivity (Wildman–Crippen MR) is 131 cm³/mol. The molecule has 1 aromatic carbocycles. The minimum atomic E-state index is -1.21. The molecule has 0 aliphatic carbocycles. The number of aliphatic carboxylic acids is 1. The van der Waals surface area contributed by atoms with Gasteiger partial charge in [-0.25, -0.2) is 4.79 Å². The molecular weight excluding hydrogens is 474 g/mol. The topological polar surface area (TPSA) is 185 Å². The van der Waals surface area contributed by atoms with Crippen LogP contribution in [0, 0.1) is 0 Å². The van der Waals surface area contributed by atoms with E-state index in [1.807, 2.05) is 12.3 Å². The SMILES string of the molecule is CSCCC(NC(=O)C(N)CC(N)=O)C(=O)NC(Cc1ccccc1)C(=O)N1CCCC1C(=O)O. The average molecular weight is 508 g/mol. The van der Waals surface area contributed by atoms with Gasteiger partial charge in [-0.05, 0) is 36.8 Å². The number of carboxylic acid groups (broad SMARTS) is 1. The smallest absolute Gasteiger partial charge is 0.326 e. The van der Waals surface area contributed by atoms with Crippen LogP contribution in [0.25, 0.3) is 0 Å². The molecule has 1 aliphatic rings. The number of carboxylic acids is 1. The number of benzene rings is 1. The summed E-state index contributed by atoms with van der Waals surface area (Å²) in [5, 5.41) is 14.8. The molecule has 1 saturated heterocycles. The minimum Gasteiger partial charge on any atom is -0.480 e. The molecule has 7 N–H and O–H groups in total. The Bertz CT molecular complexity index is 915. The molecular formula is C23H33N5O6S. The summed E-state index contributed by atoms with van der Waals surface area (Å²) in [6.07, 6.45) is 2.78. The molecule has 1 aliphatic heterocycles. The largest absolute Gasteiger partial charge is 0.480 e. The van der Waals surface area contributed by atoms with E-state index in [-0.39, 0.29) is 25.8 Å². The first-order chi connectivity index (χ1) is 16.6. The fourth-order valence-corrected chi connectivity index (χ4v) is 4.37. The Morgan fingerprint density at radius 3 is 2.37 bits per heavy atom. The standard InChI is InChI=1S/C23H33N5O6S/c1-35-11-9-16(26-20(30)15(24)13-19(25)29)21(31)27-17(12-14-6-3-2-4-7-14)22(32)28-10-5-8-18(28)23(33)34/h2-4,6-7,15-18H,5,8-13,24H2,1H3,(H2,25,29)(H,26,30)(H,27,31)(H,33,34). The van der Waals surface area contributed by atoms with Crippen molar-refractivity contribution < 1.29 is 29.1 Å². The Morgan fingerprint density at radius 2 is 1.77 bits per heavy atom. The van der Waals surface area contributed by atoms with Gasteiger partial charge in [0.1, 0.15) is 18.1 Å². The van der Waals surface area contributed by atoms with Crippen molar-refractivity contribution >= 4 is 41.4 Å². The number of primary amides is 1. The maximum atomic E-state index is 13.4.